The lowest BCUT2D eigenvalue weighted by atomic mass is 10.0. The zero-order chi connectivity index (χ0) is 14.3. The van der Waals surface area contributed by atoms with Gasteiger partial charge in [0.1, 0.15) is 0 Å². The molecular weight excluding hydrogens is 236 g/mol. The van der Waals surface area contributed by atoms with Crippen LogP contribution in [0.1, 0.15) is 90.9 Å². The molecule has 0 aliphatic carbocycles. The number of hydrogen-bond acceptors (Lipinski definition) is 2. The molecule has 0 radical (unpaired) electrons. The molecule has 0 saturated carbocycles. The summed E-state index contributed by atoms with van der Waals surface area (Å²) in [5.41, 5.74) is 0. The summed E-state index contributed by atoms with van der Waals surface area (Å²) in [6, 6.07) is 0. The van der Waals surface area contributed by atoms with Gasteiger partial charge in [-0.15, -0.1) is 0 Å². The second-order valence-corrected chi connectivity index (χ2v) is 6.34. The smallest absolute Gasteiger partial charge is 0.0770 e. The quantitative estimate of drug-likeness (QED) is 0.451. The minimum Gasteiger partial charge on any atom is -0.394 e. The van der Waals surface area contributed by atoms with Crippen LogP contribution in [0.4, 0.5) is 0 Å². The predicted octanol–water partition coefficient (Wildman–Crippen LogP) is 4.68. The van der Waals surface area contributed by atoms with E-state index in [0.29, 0.717) is 0 Å². The summed E-state index contributed by atoms with van der Waals surface area (Å²) < 4.78 is 0. The van der Waals surface area contributed by atoms with Crippen molar-refractivity contribution in [3.63, 3.8) is 0 Å². The van der Waals surface area contributed by atoms with Crippen molar-refractivity contribution in [1.82, 2.24) is 0 Å². The molecule has 0 aromatic rings. The van der Waals surface area contributed by atoms with E-state index in [1.165, 1.54) is 64.2 Å². The van der Waals surface area contributed by atoms with Crippen molar-refractivity contribution >= 4 is 0 Å². The summed E-state index contributed by atoms with van der Waals surface area (Å²) in [5.74, 6) is 0.865. The van der Waals surface area contributed by atoms with Crippen molar-refractivity contribution < 1.29 is 10.2 Å². The topological polar surface area (TPSA) is 40.5 Å². The Balaban J connectivity index is 2.99. The highest BCUT2D eigenvalue weighted by Crippen LogP contribution is 2.14. The maximum absolute atomic E-state index is 9.19. The Bertz CT molecular complexity index is 169. The van der Waals surface area contributed by atoms with Gasteiger partial charge >= 0.3 is 0 Å². The molecule has 0 aromatic heterocycles. The van der Waals surface area contributed by atoms with E-state index in [2.05, 4.69) is 13.8 Å². The van der Waals surface area contributed by atoms with Crippen LogP contribution in [0.25, 0.3) is 0 Å². The Morgan fingerprint density at radius 1 is 0.632 bits per heavy atom. The van der Waals surface area contributed by atoms with Gasteiger partial charge in [0.25, 0.3) is 0 Å². The minimum absolute atomic E-state index is 0.0865. The van der Waals surface area contributed by atoms with Gasteiger partial charge in [-0.2, -0.15) is 0 Å². The number of unbranched alkanes of at least 4 members (excludes halogenated alkanes) is 9. The fourth-order valence-corrected chi connectivity index (χ4v) is 2.44. The maximum atomic E-state index is 9.19. The molecule has 2 N–H and O–H groups in total. The van der Waals surface area contributed by atoms with Crippen molar-refractivity contribution in [3.8, 4) is 0 Å². The third-order valence-corrected chi connectivity index (χ3v) is 3.78. The highest BCUT2D eigenvalue weighted by molar-refractivity contribution is 4.54. The van der Waals surface area contributed by atoms with E-state index in [-0.39, 0.29) is 6.61 Å². The standard InChI is InChI=1S/C17H36O2/c1-16(2)13-11-9-7-5-3-4-6-8-10-12-14-17(19)15-18/h16-19H,3-15H2,1-2H3. The monoisotopic (exact) mass is 272 g/mol. The van der Waals surface area contributed by atoms with Crippen molar-refractivity contribution in [2.75, 3.05) is 6.61 Å². The minimum atomic E-state index is -0.495. The van der Waals surface area contributed by atoms with Gasteiger partial charge in [-0.25, -0.2) is 0 Å². The third-order valence-electron chi connectivity index (χ3n) is 3.78. The third kappa shape index (κ3) is 15.9. The van der Waals surface area contributed by atoms with Crippen molar-refractivity contribution in [3.05, 3.63) is 0 Å². The van der Waals surface area contributed by atoms with Crippen LogP contribution in [0.2, 0.25) is 0 Å². The molecule has 2 nitrogen and oxygen atoms in total. The van der Waals surface area contributed by atoms with Gasteiger partial charge in [-0.3, -0.25) is 0 Å². The van der Waals surface area contributed by atoms with Crippen LogP contribution in [-0.4, -0.2) is 22.9 Å². The number of rotatable bonds is 14. The molecule has 0 spiro atoms. The first-order valence-corrected chi connectivity index (χ1v) is 8.45. The molecule has 0 aromatic carbocycles. The van der Waals surface area contributed by atoms with Gasteiger partial charge in [-0.05, 0) is 12.3 Å². The highest BCUT2D eigenvalue weighted by Gasteiger charge is 2.00. The van der Waals surface area contributed by atoms with Crippen LogP contribution in [0.5, 0.6) is 0 Å². The van der Waals surface area contributed by atoms with Crippen LogP contribution in [0.3, 0.4) is 0 Å². The summed E-state index contributed by atoms with van der Waals surface area (Å²) in [5, 5.41) is 17.9. The number of hydrogen-bond donors (Lipinski definition) is 2. The first-order valence-electron chi connectivity index (χ1n) is 8.45. The lowest BCUT2D eigenvalue weighted by Gasteiger charge is -2.06. The molecule has 0 bridgehead atoms. The van der Waals surface area contributed by atoms with E-state index in [1.807, 2.05) is 0 Å². The zero-order valence-corrected chi connectivity index (χ0v) is 13.2. The molecule has 0 fully saturated rings. The van der Waals surface area contributed by atoms with Gasteiger partial charge in [0, 0.05) is 0 Å². The predicted molar refractivity (Wildman–Crippen MR) is 83.3 cm³/mol. The summed E-state index contributed by atoms with van der Waals surface area (Å²) in [6.07, 6.45) is 14.9. The van der Waals surface area contributed by atoms with Crippen molar-refractivity contribution in [2.24, 2.45) is 5.92 Å². The second kappa shape index (κ2) is 14.3. The van der Waals surface area contributed by atoms with Gasteiger partial charge in [0.05, 0.1) is 12.7 Å². The molecule has 19 heavy (non-hydrogen) atoms. The Morgan fingerprint density at radius 2 is 1.00 bits per heavy atom. The average molecular weight is 272 g/mol. The van der Waals surface area contributed by atoms with Crippen LogP contribution in [-0.2, 0) is 0 Å². The lowest BCUT2D eigenvalue weighted by Crippen LogP contribution is -2.10. The molecule has 1 atom stereocenters. The lowest BCUT2D eigenvalue weighted by molar-refractivity contribution is 0.0860. The summed E-state index contributed by atoms with van der Waals surface area (Å²) in [4.78, 5) is 0. The number of aliphatic hydroxyl groups excluding tert-OH is 2. The SMILES string of the molecule is CC(C)CCCCCCCCCCCCC(O)CO. The first-order chi connectivity index (χ1) is 9.16. The van der Waals surface area contributed by atoms with Gasteiger partial charge in [0.15, 0.2) is 0 Å². The Hall–Kier alpha value is -0.0800. The Labute approximate surface area is 120 Å². The zero-order valence-electron chi connectivity index (χ0n) is 13.2. The number of aliphatic hydroxyl groups is 2. The van der Waals surface area contributed by atoms with Gasteiger partial charge < -0.3 is 10.2 Å². The van der Waals surface area contributed by atoms with E-state index in [9.17, 15) is 5.11 Å². The van der Waals surface area contributed by atoms with Crippen molar-refractivity contribution in [2.45, 2.75) is 97.0 Å². The molecule has 0 rings (SSSR count). The van der Waals surface area contributed by atoms with E-state index in [1.54, 1.807) is 0 Å². The van der Waals surface area contributed by atoms with Gasteiger partial charge in [-0.1, -0.05) is 84.5 Å². The maximum Gasteiger partial charge on any atom is 0.0770 e. The van der Waals surface area contributed by atoms with E-state index < -0.39 is 6.10 Å². The summed E-state index contributed by atoms with van der Waals surface area (Å²) in [6.45, 7) is 4.52. The molecule has 116 valence electrons. The Morgan fingerprint density at radius 3 is 1.37 bits per heavy atom. The molecule has 2 heteroatoms. The van der Waals surface area contributed by atoms with Crippen LogP contribution >= 0.6 is 0 Å². The molecule has 1 unspecified atom stereocenters. The van der Waals surface area contributed by atoms with E-state index in [4.69, 9.17) is 5.11 Å². The normalized spacial score (nSPS) is 13.1. The first kappa shape index (κ1) is 18.9. The molecular formula is C17H36O2. The Kier molecular flexibility index (Phi) is 14.3. The highest BCUT2D eigenvalue weighted by atomic mass is 16.3. The van der Waals surface area contributed by atoms with Crippen LogP contribution < -0.4 is 0 Å². The van der Waals surface area contributed by atoms with E-state index >= 15 is 0 Å². The van der Waals surface area contributed by atoms with E-state index in [0.717, 1.165) is 18.8 Å². The largest absolute Gasteiger partial charge is 0.394 e. The molecule has 0 amide bonds. The van der Waals surface area contributed by atoms with Crippen molar-refractivity contribution in [1.29, 1.82) is 0 Å². The molecule has 0 saturated heterocycles. The van der Waals surface area contributed by atoms with Crippen LogP contribution in [0.15, 0.2) is 0 Å². The second-order valence-electron chi connectivity index (χ2n) is 6.34. The summed E-state index contributed by atoms with van der Waals surface area (Å²) in [7, 11) is 0. The van der Waals surface area contributed by atoms with Gasteiger partial charge in [0.2, 0.25) is 0 Å². The molecule has 0 heterocycles. The molecule has 0 aliphatic heterocycles. The van der Waals surface area contributed by atoms with Crippen LogP contribution in [0, 0.1) is 5.92 Å². The fourth-order valence-electron chi connectivity index (χ4n) is 2.44. The summed E-state index contributed by atoms with van der Waals surface area (Å²) >= 11 is 0. The fraction of sp³-hybridized carbons (Fsp3) is 1.00. The molecule has 0 aliphatic rings. The average Bonchev–Trinajstić information content (AvgIpc) is 2.39.